The quantitative estimate of drug-likeness (QED) is 0.683. The van der Waals surface area contributed by atoms with Crippen LogP contribution in [0.2, 0.25) is 0 Å². The van der Waals surface area contributed by atoms with Crippen LogP contribution >= 0.6 is 0 Å². The third-order valence-corrected chi connectivity index (χ3v) is 2.69. The molecular weight excluding hydrogens is 230 g/mol. The average molecular weight is 241 g/mol. The van der Waals surface area contributed by atoms with Crippen LogP contribution in [0.4, 0.5) is 5.82 Å². The molecule has 90 valence electrons. The lowest BCUT2D eigenvalue weighted by Crippen LogP contribution is -2.28. The van der Waals surface area contributed by atoms with Crippen LogP contribution in [0, 0.1) is 6.92 Å². The van der Waals surface area contributed by atoms with Crippen LogP contribution in [0.15, 0.2) is 41.5 Å². The highest BCUT2D eigenvalue weighted by Crippen LogP contribution is 2.07. The number of hydrogen-bond acceptors (Lipinski definition) is 4. The van der Waals surface area contributed by atoms with Gasteiger partial charge in [0.15, 0.2) is 0 Å². The van der Waals surface area contributed by atoms with E-state index in [-0.39, 0.29) is 5.56 Å². The van der Waals surface area contributed by atoms with Gasteiger partial charge in [0.2, 0.25) is 0 Å². The summed E-state index contributed by atoms with van der Waals surface area (Å²) >= 11 is 0. The number of hydrogen-bond donors (Lipinski definition) is 1. The van der Waals surface area contributed by atoms with Crippen molar-refractivity contribution in [1.29, 1.82) is 0 Å². The molecule has 0 amide bonds. The molecule has 0 spiro atoms. The zero-order chi connectivity index (χ0) is 12.7. The summed E-state index contributed by atoms with van der Waals surface area (Å²) in [6.45, 7) is 1.81. The number of nitrogens with two attached hydrogens (primary N) is 1. The van der Waals surface area contributed by atoms with E-state index in [4.69, 9.17) is 5.73 Å². The Morgan fingerprint density at radius 3 is 2.78 bits per heavy atom. The number of anilines is 1. The third-order valence-electron chi connectivity index (χ3n) is 2.69. The van der Waals surface area contributed by atoms with Gasteiger partial charge in [-0.25, -0.2) is 4.98 Å². The highest BCUT2D eigenvalue weighted by Gasteiger charge is 2.08. The Morgan fingerprint density at radius 2 is 2.06 bits per heavy atom. The van der Waals surface area contributed by atoms with Gasteiger partial charge in [-0.15, -0.1) is 4.79 Å². The van der Waals surface area contributed by atoms with Gasteiger partial charge in [-0.1, -0.05) is 12.1 Å². The Balaban J connectivity index is 2.34. The number of nitrogen functional groups attached to an aromatic ring is 1. The summed E-state index contributed by atoms with van der Waals surface area (Å²) in [6, 6.07) is 8.85. The monoisotopic (exact) mass is 241 g/mol. The molecule has 6 nitrogen and oxygen atoms in total. The Hall–Kier alpha value is -2.63. The van der Waals surface area contributed by atoms with E-state index in [0.717, 1.165) is 5.69 Å². The van der Waals surface area contributed by atoms with Gasteiger partial charge in [0.25, 0.3) is 5.56 Å². The molecule has 0 aliphatic rings. The molecule has 0 saturated heterocycles. The van der Waals surface area contributed by atoms with Crippen LogP contribution < -0.4 is 11.3 Å². The Morgan fingerprint density at radius 1 is 1.28 bits per heavy atom. The molecule has 0 fully saturated rings. The lowest BCUT2D eigenvalue weighted by Gasteiger charge is -2.07. The fourth-order valence-electron chi connectivity index (χ4n) is 1.88. The minimum atomic E-state index is -0.199. The standard InChI is InChI=1S/C12H11N5O/c1-8-6-11(13)17(15-8)16-7-14-10-5-3-2-4-9(10)12(16)18/h2-7H,13H2,1H3. The summed E-state index contributed by atoms with van der Waals surface area (Å²) in [4.78, 5) is 17.9. The van der Waals surface area contributed by atoms with Crippen molar-refractivity contribution in [2.24, 2.45) is 0 Å². The molecule has 0 aliphatic heterocycles. The van der Waals surface area contributed by atoms with Crippen molar-refractivity contribution in [3.05, 3.63) is 52.7 Å². The molecule has 0 atom stereocenters. The molecule has 0 unspecified atom stereocenters. The highest BCUT2D eigenvalue weighted by molar-refractivity contribution is 5.76. The van der Waals surface area contributed by atoms with Gasteiger partial charge in [-0.2, -0.15) is 9.77 Å². The van der Waals surface area contributed by atoms with E-state index >= 15 is 0 Å². The first-order valence-electron chi connectivity index (χ1n) is 5.46. The van der Waals surface area contributed by atoms with Crippen molar-refractivity contribution in [1.82, 2.24) is 19.5 Å². The molecular formula is C12H11N5O. The predicted molar refractivity (Wildman–Crippen MR) is 68.2 cm³/mol. The SMILES string of the molecule is Cc1cc(N)n(-n2cnc3ccccc3c2=O)n1. The number of para-hydroxylation sites is 1. The molecule has 6 heteroatoms. The fraction of sp³-hybridized carbons (Fsp3) is 0.0833. The minimum absolute atomic E-state index is 0.199. The van der Waals surface area contributed by atoms with Gasteiger partial charge in [-0.05, 0) is 19.1 Å². The number of nitrogens with zero attached hydrogens (tertiary/aromatic N) is 4. The Kier molecular flexibility index (Phi) is 2.16. The van der Waals surface area contributed by atoms with E-state index in [1.807, 2.05) is 13.0 Å². The van der Waals surface area contributed by atoms with Gasteiger partial charge < -0.3 is 5.73 Å². The number of aryl methyl sites for hydroxylation is 1. The maximum absolute atomic E-state index is 12.3. The molecule has 0 radical (unpaired) electrons. The number of aromatic nitrogens is 4. The van der Waals surface area contributed by atoms with E-state index in [9.17, 15) is 4.79 Å². The first kappa shape index (κ1) is 10.5. The molecule has 3 aromatic rings. The van der Waals surface area contributed by atoms with Crippen molar-refractivity contribution in [3.8, 4) is 0 Å². The molecule has 2 N–H and O–H groups in total. The van der Waals surface area contributed by atoms with Crippen LogP contribution in [0.3, 0.4) is 0 Å². The lowest BCUT2D eigenvalue weighted by atomic mass is 10.2. The molecule has 0 saturated carbocycles. The second kappa shape index (κ2) is 3.69. The zero-order valence-electron chi connectivity index (χ0n) is 9.74. The van der Waals surface area contributed by atoms with E-state index in [1.165, 1.54) is 15.8 Å². The van der Waals surface area contributed by atoms with Gasteiger partial charge in [-0.3, -0.25) is 4.79 Å². The van der Waals surface area contributed by atoms with E-state index in [0.29, 0.717) is 16.7 Å². The summed E-state index contributed by atoms with van der Waals surface area (Å²) < 4.78 is 1.30. The van der Waals surface area contributed by atoms with E-state index in [1.54, 1.807) is 24.3 Å². The summed E-state index contributed by atoms with van der Waals surface area (Å²) in [7, 11) is 0. The summed E-state index contributed by atoms with van der Waals surface area (Å²) in [5, 5.41) is 4.70. The summed E-state index contributed by atoms with van der Waals surface area (Å²) in [5.74, 6) is 0.395. The molecule has 1 aromatic carbocycles. The Labute approximate surface area is 102 Å². The maximum Gasteiger partial charge on any atom is 0.281 e. The zero-order valence-corrected chi connectivity index (χ0v) is 9.74. The van der Waals surface area contributed by atoms with Crippen LogP contribution in [0.1, 0.15) is 5.69 Å². The van der Waals surface area contributed by atoms with Gasteiger partial charge in [0.1, 0.15) is 12.1 Å². The highest BCUT2D eigenvalue weighted by atomic mass is 16.1. The molecule has 18 heavy (non-hydrogen) atoms. The van der Waals surface area contributed by atoms with Crippen molar-refractivity contribution in [2.75, 3.05) is 5.73 Å². The fourth-order valence-corrected chi connectivity index (χ4v) is 1.88. The van der Waals surface area contributed by atoms with Crippen molar-refractivity contribution < 1.29 is 0 Å². The third kappa shape index (κ3) is 1.46. The summed E-state index contributed by atoms with van der Waals surface area (Å²) in [6.07, 6.45) is 1.42. The van der Waals surface area contributed by atoms with Crippen LogP contribution in [-0.2, 0) is 0 Å². The number of rotatable bonds is 1. The van der Waals surface area contributed by atoms with Crippen molar-refractivity contribution >= 4 is 16.7 Å². The molecule has 0 bridgehead atoms. The molecule has 0 aliphatic carbocycles. The van der Waals surface area contributed by atoms with Gasteiger partial charge in [0, 0.05) is 6.07 Å². The lowest BCUT2D eigenvalue weighted by molar-refractivity contribution is 0.552. The van der Waals surface area contributed by atoms with Gasteiger partial charge in [0.05, 0.1) is 16.6 Å². The second-order valence-electron chi connectivity index (χ2n) is 4.01. The molecule has 3 rings (SSSR count). The maximum atomic E-state index is 12.3. The second-order valence-corrected chi connectivity index (χ2v) is 4.01. The molecule has 2 heterocycles. The number of benzene rings is 1. The first-order chi connectivity index (χ1) is 8.66. The summed E-state index contributed by atoms with van der Waals surface area (Å²) in [5.41, 5.74) is 7.00. The van der Waals surface area contributed by atoms with Crippen molar-refractivity contribution in [2.45, 2.75) is 6.92 Å². The van der Waals surface area contributed by atoms with E-state index < -0.39 is 0 Å². The van der Waals surface area contributed by atoms with Gasteiger partial charge >= 0.3 is 0 Å². The smallest absolute Gasteiger partial charge is 0.281 e. The normalized spacial score (nSPS) is 10.9. The first-order valence-corrected chi connectivity index (χ1v) is 5.46. The van der Waals surface area contributed by atoms with E-state index in [2.05, 4.69) is 10.1 Å². The topological polar surface area (TPSA) is 78.7 Å². The van der Waals surface area contributed by atoms with Crippen LogP contribution in [0.25, 0.3) is 10.9 Å². The minimum Gasteiger partial charge on any atom is -0.382 e. The molecule has 2 aromatic heterocycles. The predicted octanol–water partition coefficient (Wildman–Crippen LogP) is 0.795. The van der Waals surface area contributed by atoms with Crippen LogP contribution in [-0.4, -0.2) is 19.5 Å². The Bertz CT molecular complexity index is 787. The largest absolute Gasteiger partial charge is 0.382 e. The number of fused-ring (bicyclic) bond motifs is 1. The average Bonchev–Trinajstić information content (AvgIpc) is 2.69. The van der Waals surface area contributed by atoms with Crippen LogP contribution in [0.5, 0.6) is 0 Å². The van der Waals surface area contributed by atoms with Crippen molar-refractivity contribution in [3.63, 3.8) is 0 Å².